The Morgan fingerprint density at radius 2 is 2.12 bits per heavy atom. The Hall–Kier alpha value is -0.510. The summed E-state index contributed by atoms with van der Waals surface area (Å²) in [6.45, 7) is 3.60. The van der Waals surface area contributed by atoms with Gasteiger partial charge in [-0.25, -0.2) is 0 Å². The van der Waals surface area contributed by atoms with E-state index in [1.165, 1.54) is 5.56 Å². The lowest BCUT2D eigenvalue weighted by atomic mass is 10.1. The predicted molar refractivity (Wildman–Crippen MR) is 69.4 cm³/mol. The third-order valence-electron chi connectivity index (χ3n) is 3.21. The second-order valence-corrected chi connectivity index (χ2v) is 5.52. The predicted octanol–water partition coefficient (Wildman–Crippen LogP) is 2.33. The van der Waals surface area contributed by atoms with Crippen molar-refractivity contribution in [3.63, 3.8) is 0 Å². The average Bonchev–Trinajstić information content (AvgIpc) is 2.64. The minimum Gasteiger partial charge on any atom is -0.396 e. The number of hydrogen-bond donors (Lipinski definition) is 1. The van der Waals surface area contributed by atoms with Crippen LogP contribution in [0.25, 0.3) is 0 Å². The van der Waals surface area contributed by atoms with E-state index in [-0.39, 0.29) is 0 Å². The Morgan fingerprint density at radius 1 is 1.38 bits per heavy atom. The molecule has 2 rings (SSSR count). The zero-order valence-corrected chi connectivity index (χ0v) is 10.5. The Labute approximate surface area is 102 Å². The van der Waals surface area contributed by atoms with Gasteiger partial charge in [-0.05, 0) is 18.9 Å². The lowest BCUT2D eigenvalue weighted by Crippen LogP contribution is -2.32. The molecule has 88 valence electrons. The molecule has 3 heteroatoms. The number of aliphatic hydroxyl groups is 1. The van der Waals surface area contributed by atoms with E-state index in [1.54, 1.807) is 0 Å². The maximum Gasteiger partial charge on any atom is 0.0454 e. The van der Waals surface area contributed by atoms with Gasteiger partial charge in [-0.2, -0.15) is 0 Å². The highest BCUT2D eigenvalue weighted by atomic mass is 32.2. The first-order valence-corrected chi connectivity index (χ1v) is 6.86. The molecule has 1 saturated heterocycles. The van der Waals surface area contributed by atoms with Gasteiger partial charge in [0.25, 0.3) is 0 Å². The molecule has 16 heavy (non-hydrogen) atoms. The van der Waals surface area contributed by atoms with Crippen LogP contribution < -0.4 is 0 Å². The highest BCUT2D eigenvalue weighted by Gasteiger charge is 2.30. The maximum atomic E-state index is 8.99. The molecule has 1 aliphatic heterocycles. The molecule has 1 heterocycles. The largest absolute Gasteiger partial charge is 0.396 e. The molecule has 1 fully saturated rings. The number of hydrogen-bond acceptors (Lipinski definition) is 3. The van der Waals surface area contributed by atoms with Gasteiger partial charge in [-0.15, -0.1) is 11.8 Å². The number of rotatable bonds is 4. The van der Waals surface area contributed by atoms with Crippen molar-refractivity contribution in [2.45, 2.75) is 31.2 Å². The van der Waals surface area contributed by atoms with E-state index in [0.717, 1.165) is 18.8 Å². The van der Waals surface area contributed by atoms with Crippen molar-refractivity contribution in [1.82, 2.24) is 4.90 Å². The summed E-state index contributed by atoms with van der Waals surface area (Å²) < 4.78 is 0. The molecule has 2 nitrogen and oxygen atoms in total. The Bertz CT molecular complexity index is 317. The maximum absolute atomic E-state index is 8.99. The van der Waals surface area contributed by atoms with Crippen LogP contribution in [0.3, 0.4) is 0 Å². The van der Waals surface area contributed by atoms with Crippen LogP contribution in [0.1, 0.15) is 18.9 Å². The van der Waals surface area contributed by atoms with Crippen molar-refractivity contribution < 1.29 is 5.11 Å². The fourth-order valence-electron chi connectivity index (χ4n) is 2.14. The summed E-state index contributed by atoms with van der Waals surface area (Å²) in [7, 11) is 0. The minimum atomic E-state index is 0.307. The first kappa shape index (κ1) is 12.0. The summed E-state index contributed by atoms with van der Waals surface area (Å²) in [5, 5.41) is 9.58. The number of aliphatic hydroxyl groups excluding tert-OH is 1. The molecule has 0 bridgehead atoms. The highest BCUT2D eigenvalue weighted by molar-refractivity contribution is 8.00. The van der Waals surface area contributed by atoms with E-state index in [0.29, 0.717) is 17.9 Å². The third-order valence-corrected chi connectivity index (χ3v) is 4.75. The van der Waals surface area contributed by atoms with E-state index in [2.05, 4.69) is 42.2 Å². The van der Waals surface area contributed by atoms with Gasteiger partial charge in [0.15, 0.2) is 0 Å². The molecule has 1 aromatic carbocycles. The Balaban J connectivity index is 1.92. The van der Waals surface area contributed by atoms with Crippen molar-refractivity contribution in [3.8, 4) is 0 Å². The summed E-state index contributed by atoms with van der Waals surface area (Å²) in [6.07, 6.45) is 0.914. The molecular weight excluding hydrogens is 218 g/mol. The highest BCUT2D eigenvalue weighted by Crippen LogP contribution is 2.31. The van der Waals surface area contributed by atoms with Gasteiger partial charge in [-0.3, -0.25) is 4.90 Å². The van der Waals surface area contributed by atoms with Crippen LogP contribution in [0.15, 0.2) is 30.3 Å². The standard InChI is InChI=1S/C13H19NOS/c1-11-13(7-8-15)16-10-14(11)9-12-5-3-2-4-6-12/h2-6,11,13,15H,7-10H2,1H3. The minimum absolute atomic E-state index is 0.307. The lowest BCUT2D eigenvalue weighted by molar-refractivity contribution is 0.227. The first-order chi connectivity index (χ1) is 7.81. The fraction of sp³-hybridized carbons (Fsp3) is 0.538. The molecule has 2 atom stereocenters. The monoisotopic (exact) mass is 237 g/mol. The van der Waals surface area contributed by atoms with Crippen molar-refractivity contribution in [3.05, 3.63) is 35.9 Å². The Morgan fingerprint density at radius 3 is 2.81 bits per heavy atom. The van der Waals surface area contributed by atoms with Crippen LogP contribution in [-0.2, 0) is 6.54 Å². The normalized spacial score (nSPS) is 26.1. The molecule has 0 spiro atoms. The number of nitrogens with zero attached hydrogens (tertiary/aromatic N) is 1. The SMILES string of the molecule is CC1C(CCO)SCN1Cc1ccccc1. The van der Waals surface area contributed by atoms with Crippen molar-refractivity contribution in [1.29, 1.82) is 0 Å². The van der Waals surface area contributed by atoms with E-state index < -0.39 is 0 Å². The molecule has 0 radical (unpaired) electrons. The topological polar surface area (TPSA) is 23.5 Å². The van der Waals surface area contributed by atoms with Crippen molar-refractivity contribution >= 4 is 11.8 Å². The van der Waals surface area contributed by atoms with E-state index in [4.69, 9.17) is 5.11 Å². The van der Waals surface area contributed by atoms with Crippen molar-refractivity contribution in [2.75, 3.05) is 12.5 Å². The zero-order chi connectivity index (χ0) is 11.4. The summed E-state index contributed by atoms with van der Waals surface area (Å²) in [5.41, 5.74) is 1.37. The van der Waals surface area contributed by atoms with Gasteiger partial charge >= 0.3 is 0 Å². The van der Waals surface area contributed by atoms with Gasteiger partial charge < -0.3 is 5.11 Å². The Kier molecular flexibility index (Phi) is 4.27. The molecule has 1 aliphatic rings. The van der Waals surface area contributed by atoms with E-state index in [1.807, 2.05) is 11.8 Å². The molecule has 2 unspecified atom stereocenters. The molecule has 1 aromatic rings. The smallest absolute Gasteiger partial charge is 0.0454 e. The third kappa shape index (κ3) is 2.78. The number of thioether (sulfide) groups is 1. The van der Waals surface area contributed by atoms with Gasteiger partial charge in [0.2, 0.25) is 0 Å². The van der Waals surface area contributed by atoms with Crippen LogP contribution in [-0.4, -0.2) is 33.8 Å². The molecule has 0 amide bonds. The van der Waals surface area contributed by atoms with Crippen molar-refractivity contribution in [2.24, 2.45) is 0 Å². The first-order valence-electron chi connectivity index (χ1n) is 5.81. The second-order valence-electron chi connectivity index (χ2n) is 4.32. The lowest BCUT2D eigenvalue weighted by Gasteiger charge is -2.23. The zero-order valence-electron chi connectivity index (χ0n) is 9.67. The van der Waals surface area contributed by atoms with Gasteiger partial charge in [0.1, 0.15) is 0 Å². The quantitative estimate of drug-likeness (QED) is 0.869. The van der Waals surface area contributed by atoms with Crippen LogP contribution >= 0.6 is 11.8 Å². The summed E-state index contributed by atoms with van der Waals surface area (Å²) in [6, 6.07) is 11.2. The van der Waals surface area contributed by atoms with E-state index >= 15 is 0 Å². The van der Waals surface area contributed by atoms with E-state index in [9.17, 15) is 0 Å². The molecule has 0 aliphatic carbocycles. The van der Waals surface area contributed by atoms with Gasteiger partial charge in [0, 0.05) is 30.3 Å². The molecule has 0 saturated carbocycles. The average molecular weight is 237 g/mol. The second kappa shape index (κ2) is 5.71. The summed E-state index contributed by atoms with van der Waals surface area (Å²) >= 11 is 1.97. The summed E-state index contributed by atoms with van der Waals surface area (Å²) in [5.74, 6) is 1.08. The van der Waals surface area contributed by atoms with Crippen LogP contribution in [0.4, 0.5) is 0 Å². The van der Waals surface area contributed by atoms with Gasteiger partial charge in [-0.1, -0.05) is 30.3 Å². The van der Waals surface area contributed by atoms with Gasteiger partial charge in [0.05, 0.1) is 0 Å². The van der Waals surface area contributed by atoms with Crippen LogP contribution in [0, 0.1) is 0 Å². The molecular formula is C13H19NOS. The fourth-order valence-corrected chi connectivity index (χ4v) is 3.57. The molecule has 0 aromatic heterocycles. The summed E-state index contributed by atoms with van der Waals surface area (Å²) in [4.78, 5) is 2.49. The molecule has 1 N–H and O–H groups in total. The van der Waals surface area contributed by atoms with Crippen LogP contribution in [0.5, 0.6) is 0 Å². The van der Waals surface area contributed by atoms with Crippen LogP contribution in [0.2, 0.25) is 0 Å². The number of benzene rings is 1.